The number of hydrogen-bond acceptors (Lipinski definition) is 9. The highest BCUT2D eigenvalue weighted by Gasteiger charge is 2.23. The molecule has 2 amide bonds. The van der Waals surface area contributed by atoms with Crippen LogP contribution in [0.15, 0.2) is 36.4 Å². The second-order valence-electron chi connectivity index (χ2n) is 7.15. The third-order valence-corrected chi connectivity index (χ3v) is 5.05. The van der Waals surface area contributed by atoms with Gasteiger partial charge in [-0.3, -0.25) is 19.7 Å². The fraction of sp³-hybridized carbons (Fsp3) is 0.273. The molecule has 0 bridgehead atoms. The fourth-order valence-corrected chi connectivity index (χ4v) is 3.33. The maximum atomic E-state index is 11.6. The Morgan fingerprint density at radius 1 is 0.882 bits per heavy atom. The van der Waals surface area contributed by atoms with Crippen LogP contribution in [0, 0.1) is 32.8 Å². The van der Waals surface area contributed by atoms with Crippen molar-refractivity contribution in [2.24, 2.45) is 0 Å². The molecule has 0 unspecified atom stereocenters. The summed E-state index contributed by atoms with van der Waals surface area (Å²) in [5.74, 6) is -0.320. The summed E-state index contributed by atoms with van der Waals surface area (Å²) in [6.45, 7) is 1.88. The average Bonchev–Trinajstić information content (AvgIpc) is 2.85. The van der Waals surface area contributed by atoms with Crippen LogP contribution in [0.1, 0.15) is 11.1 Å². The van der Waals surface area contributed by atoms with Gasteiger partial charge in [-0.1, -0.05) is 0 Å². The number of amides is 2. The minimum atomic E-state index is -0.622. The van der Waals surface area contributed by atoms with Crippen molar-refractivity contribution in [2.75, 3.05) is 55.1 Å². The Hall–Kier alpha value is -4.52. The highest BCUT2D eigenvalue weighted by Crippen LogP contribution is 2.25. The van der Waals surface area contributed by atoms with Gasteiger partial charge in [0.15, 0.2) is 0 Å². The van der Waals surface area contributed by atoms with Crippen molar-refractivity contribution < 1.29 is 24.0 Å². The van der Waals surface area contributed by atoms with Crippen LogP contribution < -0.4 is 15.5 Å². The van der Waals surface area contributed by atoms with Gasteiger partial charge in [-0.05, 0) is 30.3 Å². The summed E-state index contributed by atoms with van der Waals surface area (Å²) in [6.07, 6.45) is 0. The van der Waals surface area contributed by atoms with Crippen LogP contribution in [0.25, 0.3) is 0 Å². The lowest BCUT2D eigenvalue weighted by atomic mass is 10.1. The number of morpholine rings is 2. The van der Waals surface area contributed by atoms with Gasteiger partial charge in [0.1, 0.15) is 30.9 Å². The molecule has 0 saturated carbocycles. The van der Waals surface area contributed by atoms with Crippen molar-refractivity contribution in [1.29, 1.82) is 10.5 Å². The molecule has 2 heterocycles. The Bertz CT molecular complexity index is 1200. The zero-order valence-corrected chi connectivity index (χ0v) is 18.0. The number of hydrogen-bond donors (Lipinski definition) is 1. The number of benzene rings is 2. The lowest BCUT2D eigenvalue weighted by Gasteiger charge is -2.27. The fourth-order valence-electron chi connectivity index (χ4n) is 3.33. The molecule has 2 aromatic rings. The van der Waals surface area contributed by atoms with Gasteiger partial charge < -0.3 is 25.0 Å². The number of nitrogens with zero attached hydrogens (tertiary/aromatic N) is 5. The van der Waals surface area contributed by atoms with Crippen molar-refractivity contribution in [3.8, 4) is 12.1 Å². The van der Waals surface area contributed by atoms with Crippen molar-refractivity contribution in [1.82, 2.24) is 0 Å². The highest BCUT2D eigenvalue weighted by molar-refractivity contribution is 5.96. The SMILES string of the molecule is N#Cc1cc(N2CCOCC2=O)ccc1N.N#Cc1cc(N2CCOCC2=O)ccc1[N+](=O)[O-]. The molecule has 0 aliphatic carbocycles. The second kappa shape index (κ2) is 10.9. The molecule has 12 nitrogen and oxygen atoms in total. The van der Waals surface area contributed by atoms with Gasteiger partial charge in [0.2, 0.25) is 0 Å². The number of carbonyl (C=O) groups is 2. The summed E-state index contributed by atoms with van der Waals surface area (Å²) < 4.78 is 10.0. The number of nitro groups is 1. The summed E-state index contributed by atoms with van der Waals surface area (Å²) >= 11 is 0. The minimum Gasteiger partial charge on any atom is -0.398 e. The highest BCUT2D eigenvalue weighted by atomic mass is 16.6. The quantitative estimate of drug-likeness (QED) is 0.399. The number of rotatable bonds is 3. The molecule has 2 aliphatic rings. The molecule has 4 rings (SSSR count). The Morgan fingerprint density at radius 2 is 1.38 bits per heavy atom. The third-order valence-electron chi connectivity index (χ3n) is 5.05. The van der Waals surface area contributed by atoms with Crippen LogP contribution in [0.5, 0.6) is 0 Å². The van der Waals surface area contributed by atoms with E-state index in [2.05, 4.69) is 0 Å². The molecule has 0 spiro atoms. The van der Waals surface area contributed by atoms with Crippen LogP contribution >= 0.6 is 0 Å². The van der Waals surface area contributed by atoms with Gasteiger partial charge in [0.25, 0.3) is 17.5 Å². The number of nitriles is 2. The van der Waals surface area contributed by atoms with E-state index in [1.54, 1.807) is 29.2 Å². The lowest BCUT2D eigenvalue weighted by molar-refractivity contribution is -0.385. The van der Waals surface area contributed by atoms with Crippen LogP contribution in [-0.2, 0) is 19.1 Å². The van der Waals surface area contributed by atoms with Crippen molar-refractivity contribution in [2.45, 2.75) is 0 Å². The Balaban J connectivity index is 0.000000192. The first-order chi connectivity index (χ1) is 16.3. The lowest BCUT2D eigenvalue weighted by Crippen LogP contribution is -2.41. The molecular weight excluding hydrogens is 444 g/mol. The van der Waals surface area contributed by atoms with Gasteiger partial charge in [-0.2, -0.15) is 10.5 Å². The maximum Gasteiger partial charge on any atom is 0.287 e. The number of nitro benzene ring substituents is 1. The van der Waals surface area contributed by atoms with Gasteiger partial charge in [-0.15, -0.1) is 0 Å². The molecule has 0 aromatic heterocycles. The molecule has 2 saturated heterocycles. The smallest absolute Gasteiger partial charge is 0.287 e. The van der Waals surface area contributed by atoms with E-state index in [0.717, 1.165) is 0 Å². The molecule has 12 heteroatoms. The van der Waals surface area contributed by atoms with Crippen molar-refractivity contribution in [3.63, 3.8) is 0 Å². The first kappa shape index (κ1) is 24.1. The molecule has 2 aliphatic heterocycles. The van der Waals surface area contributed by atoms with E-state index in [1.165, 1.54) is 23.1 Å². The topological polar surface area (TPSA) is 176 Å². The summed E-state index contributed by atoms with van der Waals surface area (Å²) in [4.78, 5) is 36.3. The molecule has 2 aromatic carbocycles. The zero-order chi connectivity index (χ0) is 24.7. The van der Waals surface area contributed by atoms with Crippen LogP contribution in [-0.4, -0.2) is 56.3 Å². The van der Waals surface area contributed by atoms with E-state index in [0.29, 0.717) is 48.9 Å². The number of ether oxygens (including phenoxy) is 2. The van der Waals surface area contributed by atoms with Gasteiger partial charge in [0.05, 0.1) is 23.7 Å². The summed E-state index contributed by atoms with van der Waals surface area (Å²) in [5, 5.41) is 28.4. The van der Waals surface area contributed by atoms with Crippen LogP contribution in [0.4, 0.5) is 22.7 Å². The second-order valence-corrected chi connectivity index (χ2v) is 7.15. The number of nitrogens with two attached hydrogens (primary N) is 1. The molecule has 0 atom stereocenters. The average molecular weight is 464 g/mol. The summed E-state index contributed by atoms with van der Waals surface area (Å²) in [6, 6.07) is 12.8. The molecular formula is C22H20N6O6. The van der Waals surface area contributed by atoms with Gasteiger partial charge >= 0.3 is 0 Å². The predicted molar refractivity (Wildman–Crippen MR) is 120 cm³/mol. The first-order valence-corrected chi connectivity index (χ1v) is 10.1. The van der Waals surface area contributed by atoms with E-state index < -0.39 is 4.92 Å². The van der Waals surface area contributed by atoms with E-state index in [9.17, 15) is 19.7 Å². The third kappa shape index (κ3) is 5.45. The monoisotopic (exact) mass is 464 g/mol. The first-order valence-electron chi connectivity index (χ1n) is 10.1. The van der Waals surface area contributed by atoms with Crippen LogP contribution in [0.2, 0.25) is 0 Å². The zero-order valence-electron chi connectivity index (χ0n) is 18.0. The maximum absolute atomic E-state index is 11.6. The normalized spacial score (nSPS) is 15.6. The Labute approximate surface area is 194 Å². The van der Waals surface area contributed by atoms with Crippen molar-refractivity contribution >= 4 is 34.6 Å². The number of anilines is 3. The molecule has 174 valence electrons. The molecule has 0 radical (unpaired) electrons. The van der Waals surface area contributed by atoms with Crippen molar-refractivity contribution in [3.05, 3.63) is 57.6 Å². The van der Waals surface area contributed by atoms with Gasteiger partial charge in [-0.25, -0.2) is 0 Å². The Kier molecular flexibility index (Phi) is 7.71. The van der Waals surface area contributed by atoms with E-state index in [4.69, 9.17) is 25.7 Å². The summed E-state index contributed by atoms with van der Waals surface area (Å²) in [5.41, 5.74) is 7.27. The summed E-state index contributed by atoms with van der Waals surface area (Å²) in [7, 11) is 0. The van der Waals surface area contributed by atoms with E-state index in [-0.39, 0.29) is 36.3 Å². The van der Waals surface area contributed by atoms with Gasteiger partial charge in [0, 0.05) is 36.2 Å². The molecule has 34 heavy (non-hydrogen) atoms. The predicted octanol–water partition coefficient (Wildman–Crippen LogP) is 1.33. The number of nitrogen functional groups attached to an aromatic ring is 1. The number of carbonyl (C=O) groups excluding carboxylic acids is 2. The standard InChI is InChI=1S/C11H9N3O4.C11H11N3O2/c12-6-8-5-9(1-2-10(8)14(16)17)13-3-4-18-7-11(13)15;12-6-8-5-9(1-2-10(8)13)14-3-4-16-7-11(14)15/h1-2,5H,3-4,7H2;1-2,5H,3-4,7,13H2. The van der Waals surface area contributed by atoms with E-state index in [1.807, 2.05) is 6.07 Å². The van der Waals surface area contributed by atoms with E-state index >= 15 is 0 Å². The Morgan fingerprint density at radius 3 is 1.85 bits per heavy atom. The minimum absolute atomic E-state index is 0.0150. The largest absolute Gasteiger partial charge is 0.398 e. The molecule has 2 N–H and O–H groups in total. The van der Waals surface area contributed by atoms with Crippen LogP contribution in [0.3, 0.4) is 0 Å². The molecule has 2 fully saturated rings.